The Kier molecular flexibility index (Phi) is 7.19. The molecule has 0 saturated carbocycles. The van der Waals surface area contributed by atoms with E-state index in [1.54, 1.807) is 0 Å². The number of hydrogen-bond donors (Lipinski definition) is 1. The van der Waals surface area contributed by atoms with Gasteiger partial charge in [0.15, 0.2) is 5.82 Å². The first kappa shape index (κ1) is 24.5. The number of aromatic amines is 1. The van der Waals surface area contributed by atoms with Gasteiger partial charge in [0, 0.05) is 30.6 Å². The minimum absolute atomic E-state index is 0.0290. The van der Waals surface area contributed by atoms with Crippen molar-refractivity contribution in [2.75, 3.05) is 13.2 Å². The summed E-state index contributed by atoms with van der Waals surface area (Å²) in [6.45, 7) is 14.8. The van der Waals surface area contributed by atoms with Gasteiger partial charge in [-0.05, 0) is 81.0 Å². The van der Waals surface area contributed by atoms with Crippen LogP contribution in [0, 0.1) is 13.8 Å². The lowest BCUT2D eigenvalue weighted by Gasteiger charge is -2.34. The number of benzene rings is 1. The van der Waals surface area contributed by atoms with Gasteiger partial charge in [0.05, 0.1) is 23.2 Å². The molecule has 0 bridgehead atoms. The predicted molar refractivity (Wildman–Crippen MR) is 134 cm³/mol. The van der Waals surface area contributed by atoms with Crippen LogP contribution in [0.5, 0.6) is 0 Å². The summed E-state index contributed by atoms with van der Waals surface area (Å²) in [5.41, 5.74) is 3.67. The third kappa shape index (κ3) is 4.79. The average molecular weight is 467 g/mol. The third-order valence-corrected chi connectivity index (χ3v) is 7.41. The lowest BCUT2D eigenvalue weighted by atomic mass is 10.0. The van der Waals surface area contributed by atoms with Gasteiger partial charge in [-0.2, -0.15) is 0 Å². The molecule has 1 saturated heterocycles. The van der Waals surface area contributed by atoms with Crippen LogP contribution < -0.4 is 5.56 Å². The number of nitrogens with one attached hydrogen (secondary N) is 1. The van der Waals surface area contributed by atoms with Crippen LogP contribution in [0.3, 0.4) is 0 Å². The number of aromatic nitrogens is 5. The molecule has 3 heterocycles. The zero-order valence-corrected chi connectivity index (χ0v) is 21.4. The fraction of sp³-hybridized carbons (Fsp3) is 0.615. The molecule has 0 amide bonds. The first-order valence-electron chi connectivity index (χ1n) is 12.5. The van der Waals surface area contributed by atoms with Gasteiger partial charge in [-0.15, -0.1) is 5.10 Å². The van der Waals surface area contributed by atoms with Gasteiger partial charge in [0.1, 0.15) is 0 Å². The van der Waals surface area contributed by atoms with Crippen LogP contribution in [0.2, 0.25) is 0 Å². The Bertz CT molecular complexity index is 1190. The van der Waals surface area contributed by atoms with Gasteiger partial charge in [-0.1, -0.05) is 26.0 Å². The van der Waals surface area contributed by atoms with Crippen LogP contribution in [0.4, 0.5) is 0 Å². The molecular formula is C26H38N6O2. The molecule has 0 spiro atoms. The summed E-state index contributed by atoms with van der Waals surface area (Å²) >= 11 is 0. The Morgan fingerprint density at radius 2 is 2.03 bits per heavy atom. The molecular weight excluding hydrogens is 428 g/mol. The topological polar surface area (TPSA) is 88.9 Å². The van der Waals surface area contributed by atoms with E-state index in [1.807, 2.05) is 11.6 Å². The van der Waals surface area contributed by atoms with Gasteiger partial charge in [-0.3, -0.25) is 9.69 Å². The van der Waals surface area contributed by atoms with Crippen molar-refractivity contribution in [1.29, 1.82) is 0 Å². The highest BCUT2D eigenvalue weighted by Crippen LogP contribution is 2.30. The summed E-state index contributed by atoms with van der Waals surface area (Å²) < 4.78 is 7.96. The van der Waals surface area contributed by atoms with E-state index in [2.05, 4.69) is 78.2 Å². The summed E-state index contributed by atoms with van der Waals surface area (Å²) in [6.07, 6.45) is 4.00. The highest BCUT2D eigenvalue weighted by molar-refractivity contribution is 5.85. The number of fused-ring (bicyclic) bond motifs is 1. The Hall–Kier alpha value is -2.58. The molecule has 1 N–H and O–H groups in total. The van der Waals surface area contributed by atoms with Crippen LogP contribution in [0.25, 0.3) is 10.9 Å². The van der Waals surface area contributed by atoms with E-state index in [1.165, 1.54) is 0 Å². The maximum absolute atomic E-state index is 13.2. The van der Waals surface area contributed by atoms with E-state index in [4.69, 9.17) is 4.74 Å². The smallest absolute Gasteiger partial charge is 0.252 e. The molecule has 184 valence electrons. The summed E-state index contributed by atoms with van der Waals surface area (Å²) in [6, 6.07) is 6.20. The van der Waals surface area contributed by atoms with Crippen molar-refractivity contribution < 1.29 is 4.74 Å². The number of ether oxygens (including phenoxy) is 1. The van der Waals surface area contributed by atoms with Crippen LogP contribution >= 0.6 is 0 Å². The van der Waals surface area contributed by atoms with E-state index in [0.717, 1.165) is 72.3 Å². The van der Waals surface area contributed by atoms with Crippen molar-refractivity contribution in [3.05, 3.63) is 51.1 Å². The number of nitrogens with zero attached hydrogens (tertiary/aromatic N) is 5. The first-order chi connectivity index (χ1) is 16.2. The number of hydrogen-bond acceptors (Lipinski definition) is 6. The Balaban J connectivity index is 1.75. The lowest BCUT2D eigenvalue weighted by Crippen LogP contribution is -2.39. The second kappa shape index (κ2) is 9.96. The van der Waals surface area contributed by atoms with Gasteiger partial charge in [0.25, 0.3) is 5.56 Å². The maximum Gasteiger partial charge on any atom is 0.252 e. The second-order valence-electron chi connectivity index (χ2n) is 10.2. The predicted octanol–water partition coefficient (Wildman–Crippen LogP) is 4.41. The van der Waals surface area contributed by atoms with Gasteiger partial charge in [0.2, 0.25) is 0 Å². The molecule has 1 aliphatic rings. The van der Waals surface area contributed by atoms with Crippen molar-refractivity contribution in [2.24, 2.45) is 0 Å². The summed E-state index contributed by atoms with van der Waals surface area (Å²) in [5, 5.41) is 14.0. The highest BCUT2D eigenvalue weighted by Gasteiger charge is 2.32. The monoisotopic (exact) mass is 466 g/mol. The van der Waals surface area contributed by atoms with E-state index in [9.17, 15) is 4.79 Å². The van der Waals surface area contributed by atoms with Crippen molar-refractivity contribution in [3.63, 3.8) is 0 Å². The molecule has 8 heteroatoms. The molecule has 1 aliphatic heterocycles. The van der Waals surface area contributed by atoms with E-state index < -0.39 is 0 Å². The fourth-order valence-electron chi connectivity index (χ4n) is 4.89. The normalized spacial score (nSPS) is 17.7. The largest absolute Gasteiger partial charge is 0.377 e. The minimum atomic E-state index is -0.198. The number of tetrazole rings is 1. The first-order valence-corrected chi connectivity index (χ1v) is 12.5. The Morgan fingerprint density at radius 3 is 2.71 bits per heavy atom. The molecule has 8 nitrogen and oxygen atoms in total. The molecule has 0 aliphatic carbocycles. The SMILES string of the molecule is CC[C@H](c1nnnn1C(C)(C)CC)N(Cc1cc2c(C)ccc(C)c2[nH]c1=O)C[C@H]1CCCO1. The van der Waals surface area contributed by atoms with E-state index in [-0.39, 0.29) is 23.2 Å². The summed E-state index contributed by atoms with van der Waals surface area (Å²) in [4.78, 5) is 18.7. The average Bonchev–Trinajstić information content (AvgIpc) is 3.50. The lowest BCUT2D eigenvalue weighted by molar-refractivity contribution is 0.0475. The van der Waals surface area contributed by atoms with Crippen LogP contribution in [-0.4, -0.2) is 49.3 Å². The molecule has 34 heavy (non-hydrogen) atoms. The van der Waals surface area contributed by atoms with Crippen molar-refractivity contribution >= 4 is 10.9 Å². The Labute approximate surface area is 201 Å². The molecule has 1 aromatic carbocycles. The molecule has 2 atom stereocenters. The minimum Gasteiger partial charge on any atom is -0.377 e. The Morgan fingerprint density at radius 1 is 1.26 bits per heavy atom. The van der Waals surface area contributed by atoms with Crippen LogP contribution in [0.1, 0.15) is 81.9 Å². The van der Waals surface area contributed by atoms with Crippen molar-refractivity contribution in [3.8, 4) is 0 Å². The van der Waals surface area contributed by atoms with E-state index >= 15 is 0 Å². The number of rotatable bonds is 9. The van der Waals surface area contributed by atoms with Crippen LogP contribution in [-0.2, 0) is 16.8 Å². The third-order valence-electron chi connectivity index (χ3n) is 7.41. The summed E-state index contributed by atoms with van der Waals surface area (Å²) in [7, 11) is 0. The zero-order chi connectivity index (χ0) is 24.5. The fourth-order valence-corrected chi connectivity index (χ4v) is 4.89. The zero-order valence-electron chi connectivity index (χ0n) is 21.4. The van der Waals surface area contributed by atoms with Gasteiger partial charge < -0.3 is 9.72 Å². The van der Waals surface area contributed by atoms with Crippen molar-refractivity contribution in [1.82, 2.24) is 30.1 Å². The molecule has 2 aromatic heterocycles. The number of H-pyrrole nitrogens is 1. The molecule has 1 fully saturated rings. The molecule has 3 aromatic rings. The van der Waals surface area contributed by atoms with Gasteiger partial charge in [-0.25, -0.2) is 4.68 Å². The quantitative estimate of drug-likeness (QED) is 0.503. The summed E-state index contributed by atoms with van der Waals surface area (Å²) in [5.74, 6) is 0.844. The second-order valence-corrected chi connectivity index (χ2v) is 10.2. The number of pyridine rings is 1. The van der Waals surface area contributed by atoms with E-state index in [0.29, 0.717) is 6.54 Å². The van der Waals surface area contributed by atoms with Crippen LogP contribution in [0.15, 0.2) is 23.0 Å². The molecule has 4 rings (SSSR count). The van der Waals surface area contributed by atoms with Gasteiger partial charge >= 0.3 is 0 Å². The number of aryl methyl sites for hydroxylation is 2. The highest BCUT2D eigenvalue weighted by atomic mass is 16.5. The van der Waals surface area contributed by atoms with Crippen molar-refractivity contribution in [2.45, 2.75) is 91.5 Å². The standard InChI is InChI=1S/C26H38N6O2/c1-7-22(24-28-29-30-32(24)26(5,6)8-2)31(16-20-10-9-13-34-20)15-19-14-21-17(3)11-12-18(4)23(21)27-25(19)33/h11-12,14,20,22H,7-10,13,15-16H2,1-6H3,(H,27,33)/t20-,22-/m1/s1. The maximum atomic E-state index is 13.2. The molecule has 0 unspecified atom stereocenters. The molecule has 0 radical (unpaired) electrons.